The zero-order chi connectivity index (χ0) is 8.10. The van der Waals surface area contributed by atoms with Crippen LogP contribution in [-0.2, 0) is 14.3 Å². The average molecular weight is 159 g/mol. The van der Waals surface area contributed by atoms with Crippen molar-refractivity contribution in [1.29, 1.82) is 0 Å². The molecule has 11 heavy (non-hydrogen) atoms. The molecule has 0 aliphatic carbocycles. The van der Waals surface area contributed by atoms with Gasteiger partial charge in [0.2, 0.25) is 5.91 Å². The van der Waals surface area contributed by atoms with Crippen LogP contribution in [0.1, 0.15) is 6.42 Å². The van der Waals surface area contributed by atoms with E-state index in [0.29, 0.717) is 6.61 Å². The van der Waals surface area contributed by atoms with Gasteiger partial charge in [-0.25, -0.2) is 0 Å². The lowest BCUT2D eigenvalue weighted by Crippen LogP contribution is -2.37. The Labute approximate surface area is 65.9 Å². The molecule has 0 aromatic heterocycles. The van der Waals surface area contributed by atoms with Crippen LogP contribution in [0, 0.1) is 0 Å². The van der Waals surface area contributed by atoms with Crippen molar-refractivity contribution in [3.63, 3.8) is 0 Å². The van der Waals surface area contributed by atoms with E-state index in [2.05, 4.69) is 10.1 Å². The van der Waals surface area contributed by atoms with Gasteiger partial charge in [-0.05, 0) is 6.42 Å². The standard InChI is InChI=1S/C7H13NO3/c1-10-5-7(9)8-6-2-3-11-4-6/h6H,2-5H2,1H3,(H,8,9). The van der Waals surface area contributed by atoms with Gasteiger partial charge in [-0.3, -0.25) is 4.79 Å². The Morgan fingerprint density at radius 3 is 3.18 bits per heavy atom. The third-order valence-corrected chi connectivity index (χ3v) is 1.57. The second-order valence-corrected chi connectivity index (χ2v) is 2.56. The summed E-state index contributed by atoms with van der Waals surface area (Å²) in [5, 5.41) is 2.79. The molecule has 4 heteroatoms. The van der Waals surface area contributed by atoms with Gasteiger partial charge in [0.05, 0.1) is 12.6 Å². The largest absolute Gasteiger partial charge is 0.379 e. The minimum absolute atomic E-state index is 0.0667. The van der Waals surface area contributed by atoms with Crippen LogP contribution in [0.15, 0.2) is 0 Å². The predicted octanol–water partition coefficient (Wildman–Crippen LogP) is -0.462. The van der Waals surface area contributed by atoms with Gasteiger partial charge in [0.1, 0.15) is 6.61 Å². The molecule has 1 amide bonds. The maximum Gasteiger partial charge on any atom is 0.246 e. The van der Waals surface area contributed by atoms with Gasteiger partial charge in [-0.15, -0.1) is 0 Å². The van der Waals surface area contributed by atoms with E-state index in [1.54, 1.807) is 0 Å². The van der Waals surface area contributed by atoms with Crippen molar-refractivity contribution in [2.75, 3.05) is 26.9 Å². The molecule has 1 aliphatic rings. The van der Waals surface area contributed by atoms with Crippen LogP contribution in [0.3, 0.4) is 0 Å². The van der Waals surface area contributed by atoms with E-state index < -0.39 is 0 Å². The molecule has 0 spiro atoms. The Hall–Kier alpha value is -0.610. The molecule has 0 radical (unpaired) electrons. The fourth-order valence-corrected chi connectivity index (χ4v) is 1.05. The maximum absolute atomic E-state index is 10.9. The summed E-state index contributed by atoms with van der Waals surface area (Å²) in [6, 6.07) is 0.192. The van der Waals surface area contributed by atoms with Crippen molar-refractivity contribution in [3.05, 3.63) is 0 Å². The van der Waals surface area contributed by atoms with E-state index in [0.717, 1.165) is 13.0 Å². The van der Waals surface area contributed by atoms with Gasteiger partial charge < -0.3 is 14.8 Å². The van der Waals surface area contributed by atoms with Crippen molar-refractivity contribution >= 4 is 5.91 Å². The lowest BCUT2D eigenvalue weighted by atomic mass is 10.2. The van der Waals surface area contributed by atoms with E-state index in [1.807, 2.05) is 0 Å². The summed E-state index contributed by atoms with van der Waals surface area (Å²) in [5.74, 6) is -0.0667. The second kappa shape index (κ2) is 4.31. The fourth-order valence-electron chi connectivity index (χ4n) is 1.05. The lowest BCUT2D eigenvalue weighted by Gasteiger charge is -2.08. The molecule has 0 aromatic rings. The normalized spacial score (nSPS) is 23.5. The summed E-state index contributed by atoms with van der Waals surface area (Å²) in [6.45, 7) is 1.52. The molecule has 1 heterocycles. The number of ether oxygens (including phenoxy) is 2. The first-order valence-corrected chi connectivity index (χ1v) is 3.69. The summed E-state index contributed by atoms with van der Waals surface area (Å²) in [6.07, 6.45) is 0.912. The molecular formula is C7H13NO3. The van der Waals surface area contributed by atoms with Crippen LogP contribution in [0.25, 0.3) is 0 Å². The Bertz CT molecular complexity index is 132. The second-order valence-electron chi connectivity index (χ2n) is 2.56. The van der Waals surface area contributed by atoms with Crippen molar-refractivity contribution in [1.82, 2.24) is 5.32 Å². The monoisotopic (exact) mass is 159 g/mol. The van der Waals surface area contributed by atoms with Gasteiger partial charge in [-0.1, -0.05) is 0 Å². The SMILES string of the molecule is COCC(=O)NC1CCOC1. The summed E-state index contributed by atoms with van der Waals surface area (Å²) in [5.41, 5.74) is 0. The first-order valence-electron chi connectivity index (χ1n) is 3.69. The molecule has 1 aliphatic heterocycles. The van der Waals surface area contributed by atoms with Crippen molar-refractivity contribution < 1.29 is 14.3 Å². The van der Waals surface area contributed by atoms with Crippen LogP contribution in [0.2, 0.25) is 0 Å². The molecule has 1 rings (SSSR count). The molecule has 1 fully saturated rings. The zero-order valence-corrected chi connectivity index (χ0v) is 6.63. The van der Waals surface area contributed by atoms with Crippen LogP contribution in [0.4, 0.5) is 0 Å². The first kappa shape index (κ1) is 8.49. The minimum atomic E-state index is -0.0667. The number of hydrogen-bond acceptors (Lipinski definition) is 3. The minimum Gasteiger partial charge on any atom is -0.379 e. The van der Waals surface area contributed by atoms with Gasteiger partial charge in [-0.2, -0.15) is 0 Å². The molecule has 1 unspecified atom stereocenters. The average Bonchev–Trinajstić information content (AvgIpc) is 2.40. The first-order chi connectivity index (χ1) is 5.33. The number of hydrogen-bond donors (Lipinski definition) is 1. The third-order valence-electron chi connectivity index (χ3n) is 1.57. The highest BCUT2D eigenvalue weighted by Gasteiger charge is 2.16. The highest BCUT2D eigenvalue weighted by atomic mass is 16.5. The number of carbonyl (C=O) groups excluding carboxylic acids is 1. The number of rotatable bonds is 3. The lowest BCUT2D eigenvalue weighted by molar-refractivity contribution is -0.125. The molecule has 0 saturated carbocycles. The van der Waals surface area contributed by atoms with E-state index >= 15 is 0 Å². The Morgan fingerprint density at radius 2 is 2.64 bits per heavy atom. The van der Waals surface area contributed by atoms with E-state index in [-0.39, 0.29) is 18.6 Å². The van der Waals surface area contributed by atoms with E-state index in [9.17, 15) is 4.79 Å². The van der Waals surface area contributed by atoms with Crippen molar-refractivity contribution in [3.8, 4) is 0 Å². The van der Waals surface area contributed by atoms with Crippen LogP contribution in [-0.4, -0.2) is 38.9 Å². The molecule has 0 aromatic carbocycles. The predicted molar refractivity (Wildman–Crippen MR) is 39.2 cm³/mol. The highest BCUT2D eigenvalue weighted by molar-refractivity contribution is 5.77. The van der Waals surface area contributed by atoms with Crippen molar-refractivity contribution in [2.45, 2.75) is 12.5 Å². The number of amides is 1. The molecule has 1 saturated heterocycles. The fraction of sp³-hybridized carbons (Fsp3) is 0.857. The van der Waals surface area contributed by atoms with Crippen LogP contribution >= 0.6 is 0 Å². The van der Waals surface area contributed by atoms with Crippen LogP contribution in [0.5, 0.6) is 0 Å². The summed E-state index contributed by atoms with van der Waals surface area (Å²) in [7, 11) is 1.50. The van der Waals surface area contributed by atoms with Crippen LogP contribution < -0.4 is 5.32 Å². The third kappa shape index (κ3) is 2.86. The quantitative estimate of drug-likeness (QED) is 0.606. The molecule has 4 nitrogen and oxygen atoms in total. The van der Waals surface area contributed by atoms with E-state index in [4.69, 9.17) is 4.74 Å². The summed E-state index contributed by atoms with van der Waals surface area (Å²) in [4.78, 5) is 10.9. The molecule has 64 valence electrons. The Morgan fingerprint density at radius 1 is 1.82 bits per heavy atom. The van der Waals surface area contributed by atoms with Gasteiger partial charge >= 0.3 is 0 Å². The zero-order valence-electron chi connectivity index (χ0n) is 6.63. The van der Waals surface area contributed by atoms with Gasteiger partial charge in [0, 0.05) is 13.7 Å². The summed E-state index contributed by atoms with van der Waals surface area (Å²) >= 11 is 0. The highest BCUT2D eigenvalue weighted by Crippen LogP contribution is 2.02. The Kier molecular flexibility index (Phi) is 3.32. The van der Waals surface area contributed by atoms with Gasteiger partial charge in [0.15, 0.2) is 0 Å². The van der Waals surface area contributed by atoms with E-state index in [1.165, 1.54) is 7.11 Å². The number of carbonyl (C=O) groups is 1. The molecular weight excluding hydrogens is 146 g/mol. The molecule has 0 bridgehead atoms. The summed E-state index contributed by atoms with van der Waals surface area (Å²) < 4.78 is 9.74. The number of methoxy groups -OCH3 is 1. The Balaban J connectivity index is 2.13. The maximum atomic E-state index is 10.9. The molecule has 1 N–H and O–H groups in total. The van der Waals surface area contributed by atoms with Gasteiger partial charge in [0.25, 0.3) is 0 Å². The smallest absolute Gasteiger partial charge is 0.246 e. The molecule has 1 atom stereocenters. The topological polar surface area (TPSA) is 47.6 Å². The number of nitrogens with one attached hydrogen (secondary N) is 1. The van der Waals surface area contributed by atoms with Crippen molar-refractivity contribution in [2.24, 2.45) is 0 Å².